The van der Waals surface area contributed by atoms with Gasteiger partial charge in [0.25, 0.3) is 0 Å². The molecule has 0 saturated carbocycles. The Morgan fingerprint density at radius 1 is 0.935 bits per heavy atom. The van der Waals surface area contributed by atoms with E-state index in [1.807, 2.05) is 31.4 Å². The van der Waals surface area contributed by atoms with Crippen LogP contribution in [0.2, 0.25) is 0 Å². The number of hydrogen-bond donors (Lipinski definition) is 1. The maximum absolute atomic E-state index is 12.7. The van der Waals surface area contributed by atoms with E-state index >= 15 is 0 Å². The molecular weight excluding hydrogens is 416 g/mol. The van der Waals surface area contributed by atoms with Gasteiger partial charge in [-0.1, -0.05) is 6.07 Å². The van der Waals surface area contributed by atoms with Gasteiger partial charge in [0.1, 0.15) is 0 Å². The molecule has 0 amide bonds. The molecule has 0 atom stereocenters. The van der Waals surface area contributed by atoms with Crippen LogP contribution in [0.15, 0.2) is 53.4 Å². The van der Waals surface area contributed by atoms with Crippen molar-refractivity contribution in [3.63, 3.8) is 0 Å². The molecule has 2 aromatic carbocycles. The number of aromatic nitrogens is 1. The topological polar surface area (TPSA) is 108 Å². The molecular formula is C23H24N2O5S. The number of rotatable bonds is 6. The van der Waals surface area contributed by atoms with Crippen molar-refractivity contribution in [1.82, 2.24) is 4.57 Å². The predicted octanol–water partition coefficient (Wildman–Crippen LogP) is 3.40. The zero-order valence-corrected chi connectivity index (χ0v) is 18.6. The standard InChI is InChI=1S/C23H24N2O5S/c1-14-5-6-18(11-15(14)2)23(27)30-13-22(26)21-12-16(3)25(17(21)4)19-7-9-20(10-8-19)31(24,28)29/h5-12H,13H2,1-4H3,(H2,24,28,29). The number of nitrogens with zero attached hydrogens (tertiary/aromatic N) is 1. The van der Waals surface area contributed by atoms with E-state index in [2.05, 4.69) is 0 Å². The van der Waals surface area contributed by atoms with Crippen LogP contribution in [0.1, 0.15) is 43.2 Å². The second kappa shape index (κ2) is 8.49. The SMILES string of the molecule is Cc1ccc(C(=O)OCC(=O)c2cc(C)n(-c3ccc(S(N)(=O)=O)cc3)c2C)cc1C. The van der Waals surface area contributed by atoms with Gasteiger partial charge in [0, 0.05) is 22.6 Å². The van der Waals surface area contributed by atoms with Crippen molar-refractivity contribution in [2.75, 3.05) is 6.61 Å². The summed E-state index contributed by atoms with van der Waals surface area (Å²) >= 11 is 0. The number of carbonyl (C=O) groups excluding carboxylic acids is 2. The van der Waals surface area contributed by atoms with Gasteiger partial charge in [0.05, 0.1) is 10.5 Å². The maximum atomic E-state index is 12.7. The summed E-state index contributed by atoms with van der Waals surface area (Å²) in [5, 5.41) is 5.14. The lowest BCUT2D eigenvalue weighted by atomic mass is 10.1. The molecule has 0 saturated heterocycles. The van der Waals surface area contributed by atoms with Crippen LogP contribution < -0.4 is 5.14 Å². The summed E-state index contributed by atoms with van der Waals surface area (Å²) in [6.45, 7) is 7.09. The van der Waals surface area contributed by atoms with Gasteiger partial charge in [-0.15, -0.1) is 0 Å². The van der Waals surface area contributed by atoms with Gasteiger partial charge in [-0.05, 0) is 81.3 Å². The largest absolute Gasteiger partial charge is 0.454 e. The fraction of sp³-hybridized carbons (Fsp3) is 0.217. The summed E-state index contributed by atoms with van der Waals surface area (Å²) in [5.41, 5.74) is 5.00. The molecule has 0 aliphatic rings. The molecule has 0 aliphatic carbocycles. The first-order chi connectivity index (χ1) is 14.5. The quantitative estimate of drug-likeness (QED) is 0.467. The molecule has 0 unspecified atom stereocenters. The lowest BCUT2D eigenvalue weighted by Gasteiger charge is -2.11. The van der Waals surface area contributed by atoms with E-state index in [4.69, 9.17) is 9.88 Å². The van der Waals surface area contributed by atoms with Crippen LogP contribution in [0.25, 0.3) is 5.69 Å². The third-order valence-electron chi connectivity index (χ3n) is 5.23. The van der Waals surface area contributed by atoms with Gasteiger partial charge >= 0.3 is 5.97 Å². The number of sulfonamides is 1. The molecule has 3 aromatic rings. The lowest BCUT2D eigenvalue weighted by Crippen LogP contribution is -2.15. The number of aryl methyl sites for hydroxylation is 3. The smallest absolute Gasteiger partial charge is 0.338 e. The molecule has 1 heterocycles. The average molecular weight is 441 g/mol. The number of nitrogens with two attached hydrogens (primary N) is 1. The Morgan fingerprint density at radius 2 is 1.58 bits per heavy atom. The van der Waals surface area contributed by atoms with Crippen LogP contribution in [-0.4, -0.2) is 31.3 Å². The molecule has 162 valence electrons. The van der Waals surface area contributed by atoms with Crippen molar-refractivity contribution in [3.05, 3.63) is 82.2 Å². The molecule has 7 nitrogen and oxygen atoms in total. The second-order valence-electron chi connectivity index (χ2n) is 7.46. The minimum Gasteiger partial charge on any atom is -0.454 e. The van der Waals surface area contributed by atoms with Crippen molar-refractivity contribution >= 4 is 21.8 Å². The Hall–Kier alpha value is -3.23. The highest BCUT2D eigenvalue weighted by molar-refractivity contribution is 7.89. The van der Waals surface area contributed by atoms with Crippen LogP contribution in [-0.2, 0) is 14.8 Å². The molecule has 0 spiro atoms. The normalized spacial score (nSPS) is 11.4. The number of carbonyl (C=O) groups is 2. The second-order valence-corrected chi connectivity index (χ2v) is 9.02. The van der Waals surface area contributed by atoms with E-state index in [1.165, 1.54) is 12.1 Å². The van der Waals surface area contributed by atoms with Crippen LogP contribution >= 0.6 is 0 Å². The zero-order chi connectivity index (χ0) is 22.9. The van der Waals surface area contributed by atoms with Gasteiger partial charge in [0.15, 0.2) is 6.61 Å². The van der Waals surface area contributed by atoms with Crippen molar-refractivity contribution in [1.29, 1.82) is 0 Å². The van der Waals surface area contributed by atoms with Crippen LogP contribution in [0.3, 0.4) is 0 Å². The molecule has 1 aromatic heterocycles. The molecule has 0 bridgehead atoms. The van der Waals surface area contributed by atoms with Crippen LogP contribution in [0, 0.1) is 27.7 Å². The number of Topliss-reactive ketones (excluding diaryl/α,β-unsaturated/α-hetero) is 1. The Balaban J connectivity index is 1.78. The maximum Gasteiger partial charge on any atom is 0.338 e. The van der Waals surface area contributed by atoms with Crippen molar-refractivity contribution < 1.29 is 22.7 Å². The highest BCUT2D eigenvalue weighted by Crippen LogP contribution is 2.22. The monoisotopic (exact) mass is 440 g/mol. The summed E-state index contributed by atoms with van der Waals surface area (Å²) in [7, 11) is -3.79. The number of primary sulfonamides is 1. The number of ketones is 1. The predicted molar refractivity (Wildman–Crippen MR) is 117 cm³/mol. The van der Waals surface area contributed by atoms with Gasteiger partial charge in [-0.25, -0.2) is 18.4 Å². The minimum atomic E-state index is -3.79. The zero-order valence-electron chi connectivity index (χ0n) is 17.8. The van der Waals surface area contributed by atoms with E-state index in [-0.39, 0.29) is 17.3 Å². The molecule has 0 aliphatic heterocycles. The highest BCUT2D eigenvalue weighted by Gasteiger charge is 2.19. The lowest BCUT2D eigenvalue weighted by molar-refractivity contribution is 0.0474. The average Bonchev–Trinajstić information content (AvgIpc) is 3.01. The van der Waals surface area contributed by atoms with Gasteiger partial charge < -0.3 is 9.30 Å². The number of ether oxygens (including phenoxy) is 1. The fourth-order valence-electron chi connectivity index (χ4n) is 3.39. The van der Waals surface area contributed by atoms with Gasteiger partial charge in [-0.3, -0.25) is 4.79 Å². The van der Waals surface area contributed by atoms with E-state index < -0.39 is 16.0 Å². The van der Waals surface area contributed by atoms with Crippen molar-refractivity contribution in [2.24, 2.45) is 5.14 Å². The van der Waals surface area contributed by atoms with Gasteiger partial charge in [-0.2, -0.15) is 0 Å². The summed E-state index contributed by atoms with van der Waals surface area (Å²) < 4.78 is 30.0. The Labute approximate surface area is 181 Å². The summed E-state index contributed by atoms with van der Waals surface area (Å²) in [6, 6.07) is 13.0. The molecule has 31 heavy (non-hydrogen) atoms. The van der Waals surface area contributed by atoms with E-state index in [9.17, 15) is 18.0 Å². The first-order valence-electron chi connectivity index (χ1n) is 9.59. The summed E-state index contributed by atoms with van der Waals surface area (Å²) in [6.07, 6.45) is 0. The first-order valence-corrected chi connectivity index (χ1v) is 11.1. The minimum absolute atomic E-state index is 0.00765. The third-order valence-corrected chi connectivity index (χ3v) is 6.16. The summed E-state index contributed by atoms with van der Waals surface area (Å²) in [4.78, 5) is 25.0. The number of esters is 1. The van der Waals surface area contributed by atoms with Crippen molar-refractivity contribution in [2.45, 2.75) is 32.6 Å². The molecule has 0 radical (unpaired) electrons. The number of hydrogen-bond acceptors (Lipinski definition) is 5. The fourth-order valence-corrected chi connectivity index (χ4v) is 3.90. The highest BCUT2D eigenvalue weighted by atomic mass is 32.2. The Kier molecular flexibility index (Phi) is 6.15. The molecule has 8 heteroatoms. The molecule has 0 fully saturated rings. The number of benzene rings is 2. The van der Waals surface area contributed by atoms with E-state index in [0.717, 1.165) is 16.8 Å². The van der Waals surface area contributed by atoms with E-state index in [1.54, 1.807) is 37.3 Å². The third kappa shape index (κ3) is 4.76. The van der Waals surface area contributed by atoms with Crippen molar-refractivity contribution in [3.8, 4) is 5.69 Å². The summed E-state index contributed by atoms with van der Waals surface area (Å²) in [5.74, 6) is -0.874. The Bertz CT molecular complexity index is 1270. The Morgan fingerprint density at radius 3 is 2.16 bits per heavy atom. The molecule has 2 N–H and O–H groups in total. The van der Waals surface area contributed by atoms with Crippen LogP contribution in [0.5, 0.6) is 0 Å². The first kappa shape index (κ1) is 22.5. The van der Waals surface area contributed by atoms with E-state index in [0.29, 0.717) is 22.5 Å². The molecule has 3 rings (SSSR count). The van der Waals surface area contributed by atoms with Gasteiger partial charge in [0.2, 0.25) is 15.8 Å². The van der Waals surface area contributed by atoms with Crippen LogP contribution in [0.4, 0.5) is 0 Å².